The third-order valence-electron chi connectivity index (χ3n) is 12.2. The molecule has 2 atom stereocenters. The van der Waals surface area contributed by atoms with E-state index in [2.05, 4.69) is 182 Å². The quantitative estimate of drug-likeness (QED) is 0.195. The van der Waals surface area contributed by atoms with Crippen LogP contribution in [0.2, 0.25) is 0 Å². The van der Waals surface area contributed by atoms with Crippen molar-refractivity contribution in [1.82, 2.24) is 0 Å². The van der Waals surface area contributed by atoms with E-state index in [1.807, 2.05) is 14.2 Å². The van der Waals surface area contributed by atoms with Gasteiger partial charge in [-0.3, -0.25) is 0 Å². The van der Waals surface area contributed by atoms with Crippen molar-refractivity contribution in [3.05, 3.63) is 116 Å². The van der Waals surface area contributed by atoms with Gasteiger partial charge in [0.15, 0.2) is 0 Å². The van der Waals surface area contributed by atoms with Gasteiger partial charge in [0, 0.05) is 32.8 Å². The minimum atomic E-state index is -1.40. The first kappa shape index (κ1) is 41.0. The van der Waals surface area contributed by atoms with E-state index in [-0.39, 0.29) is 32.2 Å². The van der Waals surface area contributed by atoms with Crippen LogP contribution in [0.5, 0.6) is 11.5 Å². The number of ether oxygens (including phenoxy) is 2. The maximum absolute atomic E-state index is 6.40. The molecule has 0 heterocycles. The van der Waals surface area contributed by atoms with Gasteiger partial charge in [0.2, 0.25) is 0 Å². The number of benzene rings is 4. The zero-order valence-corrected chi connectivity index (χ0v) is 38.1. The van der Waals surface area contributed by atoms with Crippen LogP contribution in [0, 0.1) is 0 Å². The molecule has 0 amide bonds. The third kappa shape index (κ3) is 7.13. The molecule has 2 unspecified atom stereocenters. The molecule has 55 heavy (non-hydrogen) atoms. The molecule has 294 valence electrons. The van der Waals surface area contributed by atoms with Gasteiger partial charge in [-0.1, -0.05) is 155 Å². The molecule has 4 aromatic carbocycles. The highest BCUT2D eigenvalue weighted by Crippen LogP contribution is 2.73. The van der Waals surface area contributed by atoms with Crippen molar-refractivity contribution < 1.29 is 9.47 Å². The van der Waals surface area contributed by atoms with Crippen molar-refractivity contribution in [3.8, 4) is 33.8 Å². The molecule has 6 rings (SSSR count). The Hall–Kier alpha value is -3.69. The predicted octanol–water partition coefficient (Wildman–Crippen LogP) is 14.9. The summed E-state index contributed by atoms with van der Waals surface area (Å²) in [5.74, 6) is 2.00. The number of rotatable bonds is 6. The van der Waals surface area contributed by atoms with Gasteiger partial charge in [0.05, 0.1) is 14.2 Å². The molecule has 0 fully saturated rings. The third-order valence-corrected chi connectivity index (χ3v) is 15.8. The van der Waals surface area contributed by atoms with E-state index in [9.17, 15) is 0 Å². The van der Waals surface area contributed by atoms with Gasteiger partial charge in [0.25, 0.3) is 0 Å². The Morgan fingerprint density at radius 1 is 0.473 bits per heavy atom. The summed E-state index contributed by atoms with van der Waals surface area (Å²) >= 11 is 0. The highest BCUT2D eigenvalue weighted by molar-refractivity contribution is 8.33. The van der Waals surface area contributed by atoms with E-state index in [1.54, 1.807) is 0 Å². The average molecular weight is 757 g/mol. The topological polar surface area (TPSA) is 18.5 Å². The zero-order chi connectivity index (χ0) is 40.8. The molecule has 0 aliphatic heterocycles. The zero-order valence-electron chi connectivity index (χ0n) is 37.3. The summed E-state index contributed by atoms with van der Waals surface area (Å²) in [6.07, 6.45) is 10.2. The van der Waals surface area contributed by atoms with Gasteiger partial charge in [-0.2, -0.15) is 0 Å². The minimum absolute atomic E-state index is 0.0857. The number of hydrogen-bond acceptors (Lipinski definition) is 2. The summed E-state index contributed by atoms with van der Waals surface area (Å²) in [5, 5.41) is 0.576. The van der Waals surface area contributed by atoms with Crippen LogP contribution in [-0.4, -0.2) is 26.7 Å². The van der Waals surface area contributed by atoms with Crippen molar-refractivity contribution in [3.63, 3.8) is 0 Å². The summed E-state index contributed by atoms with van der Waals surface area (Å²) < 4.78 is 12.8. The lowest BCUT2D eigenvalue weighted by atomic mass is 9.80. The van der Waals surface area contributed by atoms with Crippen LogP contribution in [0.1, 0.15) is 152 Å². The molecular formula is C52H68O2S. The van der Waals surface area contributed by atoms with Crippen molar-refractivity contribution in [2.45, 2.75) is 129 Å². The Morgan fingerprint density at radius 2 is 0.782 bits per heavy atom. The van der Waals surface area contributed by atoms with E-state index in [4.69, 9.17) is 9.47 Å². The number of fused-ring (bicyclic) bond motifs is 2. The van der Waals surface area contributed by atoms with E-state index in [0.29, 0.717) is 0 Å². The summed E-state index contributed by atoms with van der Waals surface area (Å²) in [4.78, 5) is 0. The fraction of sp³-hybridized carbons (Fsp3) is 0.462. The van der Waals surface area contributed by atoms with Crippen molar-refractivity contribution in [1.29, 1.82) is 0 Å². The van der Waals surface area contributed by atoms with Gasteiger partial charge >= 0.3 is 0 Å². The molecule has 0 saturated heterocycles. The van der Waals surface area contributed by atoms with Crippen LogP contribution < -0.4 is 9.47 Å². The second-order valence-corrected chi connectivity index (χ2v) is 24.8. The Morgan fingerprint density at radius 3 is 1.04 bits per heavy atom. The maximum Gasteiger partial charge on any atom is 0.131 e. The Bertz CT molecular complexity index is 2020. The lowest BCUT2D eigenvalue weighted by Gasteiger charge is -2.46. The predicted molar refractivity (Wildman–Crippen MR) is 244 cm³/mol. The molecule has 4 aromatic rings. The van der Waals surface area contributed by atoms with Gasteiger partial charge in [0.1, 0.15) is 11.5 Å². The first-order chi connectivity index (χ1) is 25.3. The van der Waals surface area contributed by atoms with Crippen LogP contribution in [-0.2, 0) is 21.7 Å². The molecule has 3 heteroatoms. The molecule has 2 aliphatic rings. The van der Waals surface area contributed by atoms with Crippen molar-refractivity contribution >= 4 is 22.2 Å². The van der Waals surface area contributed by atoms with Gasteiger partial charge < -0.3 is 9.47 Å². The monoisotopic (exact) mass is 756 g/mol. The first-order valence-corrected chi connectivity index (χ1v) is 22.7. The van der Waals surface area contributed by atoms with Crippen LogP contribution in [0.25, 0.3) is 34.4 Å². The van der Waals surface area contributed by atoms with Gasteiger partial charge in [-0.15, -0.1) is 0 Å². The van der Waals surface area contributed by atoms with Crippen LogP contribution in [0.4, 0.5) is 0 Å². The fourth-order valence-electron chi connectivity index (χ4n) is 9.38. The van der Waals surface area contributed by atoms with Crippen LogP contribution >= 0.6 is 10.0 Å². The fourth-order valence-corrected chi connectivity index (χ4v) is 13.4. The highest BCUT2D eigenvalue weighted by atomic mass is 32.3. The van der Waals surface area contributed by atoms with E-state index in [0.717, 1.165) is 11.5 Å². The first-order valence-electron chi connectivity index (χ1n) is 20.1. The molecule has 2 nitrogen and oxygen atoms in total. The lowest BCUT2D eigenvalue weighted by Crippen LogP contribution is -2.20. The molecule has 0 bridgehead atoms. The highest BCUT2D eigenvalue weighted by Gasteiger charge is 2.45. The van der Waals surface area contributed by atoms with Gasteiger partial charge in [-0.25, -0.2) is 10.0 Å². The summed E-state index contributed by atoms with van der Waals surface area (Å²) in [6.45, 7) is 32.4. The average Bonchev–Trinajstić information content (AvgIpc) is 3.60. The second-order valence-electron chi connectivity index (χ2n) is 20.8. The smallest absolute Gasteiger partial charge is 0.131 e. The molecular weight excluding hydrogens is 689 g/mol. The maximum atomic E-state index is 6.40. The minimum Gasteiger partial charge on any atom is -0.496 e. The summed E-state index contributed by atoms with van der Waals surface area (Å²) in [7, 11) is 2.30. The SMILES string of the molecule is COc1c(C(C)(C)C)cc2c(c1-c1ccc(C(C)(C)C)cc1)C=C(C)C2S(C)(C)C1C(C)=Cc2c1cc(C(C)(C)C)c(OC)c2-c1ccc(C(C)(C)C)cc1. The molecule has 0 radical (unpaired) electrons. The Kier molecular flexibility index (Phi) is 10.2. The van der Waals surface area contributed by atoms with Gasteiger partial charge in [-0.05, 0) is 105 Å². The van der Waals surface area contributed by atoms with E-state index in [1.165, 1.54) is 77.9 Å². The van der Waals surface area contributed by atoms with Crippen molar-refractivity contribution in [2.75, 3.05) is 26.7 Å². The normalized spacial score (nSPS) is 17.8. The number of methoxy groups -OCH3 is 2. The standard InChI is InChI=1S/C52H68O2S/c1-31-27-37-39(29-41(51(9,10)11)45(53-15)43(37)33-19-23-35(24-20-33)49(3,4)5)47(31)55(17,18)48-32(2)28-38-40(48)30-42(52(12,13)14)46(54-16)44(38)34-21-25-36(26-22-34)50(6,7)8/h19-30,47-48H,1-18H3. The van der Waals surface area contributed by atoms with Crippen LogP contribution in [0.15, 0.2) is 71.8 Å². The van der Waals surface area contributed by atoms with E-state index >= 15 is 0 Å². The summed E-state index contributed by atoms with van der Waals surface area (Å²) in [6, 6.07) is 23.5. The van der Waals surface area contributed by atoms with Crippen LogP contribution in [0.3, 0.4) is 0 Å². The molecule has 0 spiro atoms. The lowest BCUT2D eigenvalue weighted by molar-refractivity contribution is 0.399. The molecule has 2 aliphatic carbocycles. The Labute approximate surface area is 336 Å². The molecule has 0 N–H and O–H groups in total. The Balaban J connectivity index is 1.59. The number of hydrogen-bond donors (Lipinski definition) is 0. The largest absolute Gasteiger partial charge is 0.496 e. The van der Waals surface area contributed by atoms with E-state index < -0.39 is 10.0 Å². The molecule has 0 aromatic heterocycles. The summed E-state index contributed by atoms with van der Waals surface area (Å²) in [5.41, 5.74) is 18.5. The van der Waals surface area contributed by atoms with Crippen molar-refractivity contribution in [2.24, 2.45) is 0 Å². The molecule has 0 saturated carbocycles. The second kappa shape index (κ2) is 13.8.